The highest BCUT2D eigenvalue weighted by Crippen LogP contribution is 2.38. The van der Waals surface area contributed by atoms with Crippen LogP contribution in [0.4, 0.5) is 0 Å². The van der Waals surface area contributed by atoms with Crippen LogP contribution in [0.25, 0.3) is 0 Å². The number of hydrogen-bond acceptors (Lipinski definition) is 4. The van der Waals surface area contributed by atoms with Gasteiger partial charge in [0.25, 0.3) is 0 Å². The first-order chi connectivity index (χ1) is 13.9. The number of Topliss-reactive ketones (excluding diaryl/α,β-unsaturated/α-hetero) is 2. The molecule has 1 aliphatic carbocycles. The predicted octanol–water partition coefficient (Wildman–Crippen LogP) is 4.74. The molecule has 0 bridgehead atoms. The number of benzene rings is 1. The van der Waals surface area contributed by atoms with Crippen LogP contribution in [0, 0.1) is 5.92 Å². The molecule has 3 atom stereocenters. The maximum absolute atomic E-state index is 12.4. The molecule has 1 fully saturated rings. The van der Waals surface area contributed by atoms with Crippen molar-refractivity contribution in [1.29, 1.82) is 0 Å². The van der Waals surface area contributed by atoms with Gasteiger partial charge in [0.1, 0.15) is 0 Å². The van der Waals surface area contributed by atoms with Crippen LogP contribution >= 0.6 is 0 Å². The Kier molecular flexibility index (Phi) is 9.26. The third kappa shape index (κ3) is 6.93. The van der Waals surface area contributed by atoms with Gasteiger partial charge in [-0.2, -0.15) is 0 Å². The van der Waals surface area contributed by atoms with Crippen molar-refractivity contribution in [3.05, 3.63) is 47.5 Å². The first-order valence-corrected chi connectivity index (χ1v) is 10.7. The molecule has 1 aromatic rings. The lowest BCUT2D eigenvalue weighted by atomic mass is 9.85. The average Bonchev–Trinajstić information content (AvgIpc) is 2.98. The largest absolute Gasteiger partial charge is 0.481 e. The number of ketones is 2. The molecule has 0 aromatic heterocycles. The van der Waals surface area contributed by atoms with E-state index in [4.69, 9.17) is 5.11 Å². The molecule has 2 N–H and O–H groups in total. The summed E-state index contributed by atoms with van der Waals surface area (Å²) >= 11 is 0. The molecule has 2 rings (SSSR count). The summed E-state index contributed by atoms with van der Waals surface area (Å²) in [4.78, 5) is 35.0. The van der Waals surface area contributed by atoms with Crippen LogP contribution in [0.15, 0.2) is 36.4 Å². The Labute approximate surface area is 172 Å². The number of aliphatic hydroxyl groups excluding tert-OH is 1. The molecular formula is C24H32O5. The molecule has 1 aliphatic rings. The maximum atomic E-state index is 12.4. The number of carboxylic acid groups (broad SMARTS) is 1. The fraction of sp³-hybridized carbons (Fsp3) is 0.542. The van der Waals surface area contributed by atoms with Crippen molar-refractivity contribution in [2.45, 2.75) is 76.7 Å². The number of aliphatic carboxylic acids is 1. The minimum Gasteiger partial charge on any atom is -0.481 e. The van der Waals surface area contributed by atoms with E-state index in [9.17, 15) is 19.5 Å². The van der Waals surface area contributed by atoms with E-state index in [2.05, 4.69) is 6.92 Å². The van der Waals surface area contributed by atoms with E-state index >= 15 is 0 Å². The molecule has 5 heteroatoms. The minimum absolute atomic E-state index is 0.0638. The summed E-state index contributed by atoms with van der Waals surface area (Å²) in [5.74, 6) is -1.94. The molecule has 29 heavy (non-hydrogen) atoms. The summed E-state index contributed by atoms with van der Waals surface area (Å²) < 4.78 is 0. The lowest BCUT2D eigenvalue weighted by molar-refractivity contribution is -0.137. The smallest absolute Gasteiger partial charge is 0.303 e. The van der Waals surface area contributed by atoms with Gasteiger partial charge in [-0.3, -0.25) is 14.4 Å². The maximum Gasteiger partial charge on any atom is 0.303 e. The lowest BCUT2D eigenvalue weighted by Gasteiger charge is -2.18. The second-order valence-electron chi connectivity index (χ2n) is 7.90. The van der Waals surface area contributed by atoms with E-state index in [-0.39, 0.29) is 30.3 Å². The summed E-state index contributed by atoms with van der Waals surface area (Å²) in [5, 5.41) is 19.0. The number of unbranched alkanes of at least 4 members (excludes halogenated alkanes) is 3. The van der Waals surface area contributed by atoms with Gasteiger partial charge in [-0.15, -0.1) is 0 Å². The van der Waals surface area contributed by atoms with Gasteiger partial charge >= 0.3 is 5.97 Å². The quantitative estimate of drug-likeness (QED) is 0.300. The van der Waals surface area contributed by atoms with Crippen LogP contribution in [0.5, 0.6) is 0 Å². The first-order valence-electron chi connectivity index (χ1n) is 10.7. The number of rotatable bonds is 12. The molecule has 5 nitrogen and oxygen atoms in total. The van der Waals surface area contributed by atoms with Gasteiger partial charge in [0.15, 0.2) is 5.78 Å². The molecule has 1 saturated carbocycles. The van der Waals surface area contributed by atoms with E-state index in [0.29, 0.717) is 19.3 Å². The normalized spacial score (nSPS) is 20.5. The third-order valence-electron chi connectivity index (χ3n) is 5.60. The Morgan fingerprint density at radius 2 is 1.86 bits per heavy atom. The van der Waals surface area contributed by atoms with Crippen LogP contribution in [-0.4, -0.2) is 27.7 Å². The van der Waals surface area contributed by atoms with Crippen molar-refractivity contribution in [1.82, 2.24) is 0 Å². The van der Waals surface area contributed by atoms with E-state index < -0.39 is 18.0 Å². The van der Waals surface area contributed by atoms with E-state index in [1.54, 1.807) is 0 Å². The van der Waals surface area contributed by atoms with Crippen molar-refractivity contribution < 1.29 is 24.6 Å². The highest BCUT2D eigenvalue weighted by molar-refractivity contribution is 6.41. The van der Waals surface area contributed by atoms with Gasteiger partial charge in [0.05, 0.1) is 12.0 Å². The predicted molar refractivity (Wildman–Crippen MR) is 112 cm³/mol. The molecule has 0 amide bonds. The van der Waals surface area contributed by atoms with E-state index in [1.165, 1.54) is 0 Å². The standard InChI is InChI=1S/C24H32O5/c1-2-3-6-10-20(25)17-12-14-18(15-13-17)23-19(16-21(26)24(23)29)9-7-4-5-8-11-22(27)28/h4,7,12-15,19-20,23,25H,2-3,5-6,8-11,16H2,1H3,(H,27,28)/b7-4-/t19-,20?,23?/m0/s1. The van der Waals surface area contributed by atoms with E-state index in [0.717, 1.165) is 36.8 Å². The highest BCUT2D eigenvalue weighted by Gasteiger charge is 2.41. The van der Waals surface area contributed by atoms with Crippen molar-refractivity contribution >= 4 is 17.5 Å². The zero-order valence-corrected chi connectivity index (χ0v) is 17.2. The zero-order chi connectivity index (χ0) is 21.2. The lowest BCUT2D eigenvalue weighted by Crippen LogP contribution is -2.15. The number of allylic oxidation sites excluding steroid dienone is 2. The zero-order valence-electron chi connectivity index (χ0n) is 17.2. The van der Waals surface area contributed by atoms with Crippen molar-refractivity contribution in [3.63, 3.8) is 0 Å². The Morgan fingerprint density at radius 3 is 2.52 bits per heavy atom. The third-order valence-corrected chi connectivity index (χ3v) is 5.60. The average molecular weight is 401 g/mol. The molecule has 0 aliphatic heterocycles. The summed E-state index contributed by atoms with van der Waals surface area (Å²) in [5.41, 5.74) is 1.67. The summed E-state index contributed by atoms with van der Waals surface area (Å²) in [6.07, 6.45) is 9.58. The molecule has 2 unspecified atom stereocenters. The Morgan fingerprint density at radius 1 is 1.14 bits per heavy atom. The minimum atomic E-state index is -0.802. The Hall–Kier alpha value is -2.27. The van der Waals surface area contributed by atoms with Gasteiger partial charge in [-0.1, -0.05) is 62.6 Å². The van der Waals surface area contributed by atoms with Crippen LogP contribution in [0.2, 0.25) is 0 Å². The van der Waals surface area contributed by atoms with Crippen molar-refractivity contribution in [2.24, 2.45) is 5.92 Å². The highest BCUT2D eigenvalue weighted by atomic mass is 16.4. The number of aliphatic hydroxyl groups is 1. The molecular weight excluding hydrogens is 368 g/mol. The van der Waals surface area contributed by atoms with Gasteiger partial charge in [0, 0.05) is 12.8 Å². The molecule has 0 saturated heterocycles. The summed E-state index contributed by atoms with van der Waals surface area (Å²) in [7, 11) is 0. The molecule has 0 spiro atoms. The molecule has 158 valence electrons. The molecule has 1 aromatic carbocycles. The summed E-state index contributed by atoms with van der Waals surface area (Å²) in [6, 6.07) is 7.45. The first kappa shape index (κ1) is 23.0. The Balaban J connectivity index is 1.98. The number of carboxylic acids is 1. The fourth-order valence-electron chi connectivity index (χ4n) is 3.93. The summed E-state index contributed by atoms with van der Waals surface area (Å²) in [6.45, 7) is 2.13. The monoisotopic (exact) mass is 400 g/mol. The van der Waals surface area contributed by atoms with Crippen LogP contribution in [0.1, 0.15) is 87.9 Å². The molecule has 0 heterocycles. The van der Waals surface area contributed by atoms with Crippen molar-refractivity contribution in [2.75, 3.05) is 0 Å². The second-order valence-corrected chi connectivity index (χ2v) is 7.90. The van der Waals surface area contributed by atoms with Crippen LogP contribution < -0.4 is 0 Å². The number of carbonyl (C=O) groups excluding carboxylic acids is 2. The van der Waals surface area contributed by atoms with E-state index in [1.807, 2.05) is 36.4 Å². The van der Waals surface area contributed by atoms with Crippen molar-refractivity contribution in [3.8, 4) is 0 Å². The number of carbonyl (C=O) groups is 3. The fourth-order valence-corrected chi connectivity index (χ4v) is 3.93. The molecule has 0 radical (unpaired) electrons. The van der Waals surface area contributed by atoms with Gasteiger partial charge in [0.2, 0.25) is 5.78 Å². The van der Waals surface area contributed by atoms with Crippen LogP contribution in [0.3, 0.4) is 0 Å². The SMILES string of the molecule is CCCCCC(O)c1ccc(C2C(=O)C(=O)C[C@@H]2C/C=C\CCCC(=O)O)cc1. The Bertz CT molecular complexity index is 719. The van der Waals surface area contributed by atoms with Crippen LogP contribution in [-0.2, 0) is 14.4 Å². The van der Waals surface area contributed by atoms with Gasteiger partial charge in [-0.05, 0) is 42.7 Å². The van der Waals surface area contributed by atoms with Gasteiger partial charge < -0.3 is 10.2 Å². The topological polar surface area (TPSA) is 91.7 Å². The number of hydrogen-bond donors (Lipinski definition) is 2. The second kappa shape index (κ2) is 11.7. The van der Waals surface area contributed by atoms with Gasteiger partial charge in [-0.25, -0.2) is 0 Å².